The van der Waals surface area contributed by atoms with Crippen molar-refractivity contribution in [2.45, 2.75) is 51.0 Å². The molecule has 21 heavy (non-hydrogen) atoms. The number of nitroso groups, excluding NO2 is 1. The summed E-state index contributed by atoms with van der Waals surface area (Å²) < 4.78 is 26.7. The van der Waals surface area contributed by atoms with E-state index in [2.05, 4.69) is 5.18 Å². The fourth-order valence-corrected chi connectivity index (χ4v) is 3.81. The Morgan fingerprint density at radius 2 is 1.76 bits per heavy atom. The Kier molecular flexibility index (Phi) is 4.13. The lowest BCUT2D eigenvalue weighted by Crippen LogP contribution is -2.10. The summed E-state index contributed by atoms with van der Waals surface area (Å²) in [5, 5.41) is 3.22. The van der Waals surface area contributed by atoms with Crippen LogP contribution < -0.4 is 0 Å². The van der Waals surface area contributed by atoms with Crippen LogP contribution in [-0.4, -0.2) is 6.04 Å². The number of halogens is 2. The highest BCUT2D eigenvalue weighted by Gasteiger charge is 2.32. The first-order valence-electron chi connectivity index (χ1n) is 7.71. The highest BCUT2D eigenvalue weighted by molar-refractivity contribution is 5.75. The van der Waals surface area contributed by atoms with Gasteiger partial charge in [0.1, 0.15) is 6.04 Å². The summed E-state index contributed by atoms with van der Waals surface area (Å²) in [4.78, 5) is 11.1. The zero-order valence-corrected chi connectivity index (χ0v) is 11.9. The smallest absolute Gasteiger partial charge is 0.159 e. The summed E-state index contributed by atoms with van der Waals surface area (Å²) in [5.74, 6) is -1.24. The largest absolute Gasteiger partial charge is 0.204 e. The second-order valence-electron chi connectivity index (χ2n) is 6.06. The standard InChI is InChI=1S/C17H19F2NO/c18-14-8-6-12(10-15(14)19)17-13(7-9-16(17)20-21)11-4-2-1-3-5-11/h6,8,10-11,16H,1-5,7,9H2. The molecule has 0 saturated heterocycles. The van der Waals surface area contributed by atoms with E-state index < -0.39 is 17.7 Å². The van der Waals surface area contributed by atoms with Gasteiger partial charge in [0, 0.05) is 0 Å². The van der Waals surface area contributed by atoms with Gasteiger partial charge in [-0.25, -0.2) is 8.78 Å². The third-order valence-electron chi connectivity index (χ3n) is 4.82. The molecule has 0 N–H and O–H groups in total. The molecule has 0 aromatic heterocycles. The molecule has 112 valence electrons. The van der Waals surface area contributed by atoms with Crippen molar-refractivity contribution in [2.24, 2.45) is 11.1 Å². The van der Waals surface area contributed by atoms with E-state index in [1.807, 2.05) is 0 Å². The molecule has 0 spiro atoms. The lowest BCUT2D eigenvalue weighted by Gasteiger charge is -2.24. The third-order valence-corrected chi connectivity index (χ3v) is 4.82. The summed E-state index contributed by atoms with van der Waals surface area (Å²) in [5.41, 5.74) is 2.73. The Labute approximate surface area is 123 Å². The molecular weight excluding hydrogens is 272 g/mol. The van der Waals surface area contributed by atoms with E-state index >= 15 is 0 Å². The Bertz CT molecular complexity index is 576. The summed E-state index contributed by atoms with van der Waals surface area (Å²) in [6.45, 7) is 0. The van der Waals surface area contributed by atoms with Gasteiger partial charge in [-0.05, 0) is 54.9 Å². The van der Waals surface area contributed by atoms with E-state index in [1.54, 1.807) is 6.07 Å². The van der Waals surface area contributed by atoms with Crippen LogP contribution in [-0.2, 0) is 0 Å². The van der Waals surface area contributed by atoms with Gasteiger partial charge in [0.25, 0.3) is 0 Å². The first-order valence-corrected chi connectivity index (χ1v) is 7.71. The minimum atomic E-state index is -0.862. The van der Waals surface area contributed by atoms with E-state index in [9.17, 15) is 13.7 Å². The van der Waals surface area contributed by atoms with Crippen molar-refractivity contribution in [1.29, 1.82) is 0 Å². The highest BCUT2D eigenvalue weighted by Crippen LogP contribution is 2.44. The van der Waals surface area contributed by atoms with Crippen molar-refractivity contribution >= 4 is 5.57 Å². The zero-order chi connectivity index (χ0) is 14.8. The van der Waals surface area contributed by atoms with Crippen molar-refractivity contribution in [3.05, 3.63) is 45.9 Å². The van der Waals surface area contributed by atoms with Crippen LogP contribution in [0.15, 0.2) is 28.9 Å². The molecule has 1 unspecified atom stereocenters. The predicted octanol–water partition coefficient (Wildman–Crippen LogP) is 5.23. The van der Waals surface area contributed by atoms with Crippen molar-refractivity contribution in [3.8, 4) is 0 Å². The van der Waals surface area contributed by atoms with Crippen LogP contribution in [0.4, 0.5) is 8.78 Å². The molecule has 0 bridgehead atoms. The van der Waals surface area contributed by atoms with Crippen molar-refractivity contribution < 1.29 is 8.78 Å². The molecule has 1 saturated carbocycles. The zero-order valence-electron chi connectivity index (χ0n) is 11.9. The lowest BCUT2D eigenvalue weighted by molar-refractivity contribution is 0.398. The number of allylic oxidation sites excluding steroid dienone is 1. The van der Waals surface area contributed by atoms with Gasteiger partial charge in [0.15, 0.2) is 11.6 Å². The van der Waals surface area contributed by atoms with Crippen molar-refractivity contribution in [2.75, 3.05) is 0 Å². The Morgan fingerprint density at radius 3 is 2.43 bits per heavy atom. The van der Waals surface area contributed by atoms with Gasteiger partial charge in [0.2, 0.25) is 0 Å². The molecule has 2 nitrogen and oxygen atoms in total. The first-order chi connectivity index (χ1) is 10.2. The monoisotopic (exact) mass is 291 g/mol. The van der Waals surface area contributed by atoms with E-state index in [-0.39, 0.29) is 0 Å². The molecule has 4 heteroatoms. The van der Waals surface area contributed by atoms with Gasteiger partial charge in [-0.2, -0.15) is 4.91 Å². The molecular formula is C17H19F2NO. The maximum Gasteiger partial charge on any atom is 0.159 e. The number of rotatable bonds is 3. The summed E-state index contributed by atoms with van der Waals surface area (Å²) in [7, 11) is 0. The molecule has 1 aromatic carbocycles. The van der Waals surface area contributed by atoms with E-state index in [1.165, 1.54) is 30.9 Å². The minimum Gasteiger partial charge on any atom is -0.204 e. The second kappa shape index (κ2) is 6.04. The molecule has 2 aliphatic carbocycles. The number of hydrogen-bond donors (Lipinski definition) is 0. The van der Waals surface area contributed by atoms with Crippen LogP contribution >= 0.6 is 0 Å². The van der Waals surface area contributed by atoms with Gasteiger partial charge in [0.05, 0.1) is 0 Å². The van der Waals surface area contributed by atoms with Crippen LogP contribution in [0.2, 0.25) is 0 Å². The highest BCUT2D eigenvalue weighted by atomic mass is 19.2. The fourth-order valence-electron chi connectivity index (χ4n) is 3.81. The molecule has 0 heterocycles. The van der Waals surface area contributed by atoms with Crippen LogP contribution in [0, 0.1) is 22.5 Å². The maximum atomic E-state index is 13.5. The average molecular weight is 291 g/mol. The minimum absolute atomic E-state index is 0.410. The number of hydrogen-bond acceptors (Lipinski definition) is 2. The fraction of sp³-hybridized carbons (Fsp3) is 0.529. The van der Waals surface area contributed by atoms with E-state index in [0.29, 0.717) is 17.9 Å². The number of nitrogens with zero attached hydrogens (tertiary/aromatic N) is 1. The second-order valence-corrected chi connectivity index (χ2v) is 6.06. The van der Waals surface area contributed by atoms with Gasteiger partial charge in [-0.1, -0.05) is 36.1 Å². The summed E-state index contributed by atoms with van der Waals surface area (Å²) in [6, 6.07) is 3.50. The van der Waals surface area contributed by atoms with Gasteiger partial charge >= 0.3 is 0 Å². The molecule has 0 aliphatic heterocycles. The van der Waals surface area contributed by atoms with E-state index in [4.69, 9.17) is 0 Å². The van der Waals surface area contributed by atoms with Gasteiger partial charge in [-0.15, -0.1) is 0 Å². The lowest BCUT2D eigenvalue weighted by atomic mass is 9.81. The average Bonchev–Trinajstić information content (AvgIpc) is 2.95. The van der Waals surface area contributed by atoms with Crippen LogP contribution in [0.3, 0.4) is 0 Å². The number of benzene rings is 1. The third kappa shape index (κ3) is 2.76. The van der Waals surface area contributed by atoms with Gasteiger partial charge < -0.3 is 0 Å². The summed E-state index contributed by atoms with van der Waals surface area (Å²) >= 11 is 0. The normalized spacial score (nSPS) is 23.6. The van der Waals surface area contributed by atoms with Gasteiger partial charge in [-0.3, -0.25) is 0 Å². The first kappa shape index (κ1) is 14.4. The predicted molar refractivity (Wildman–Crippen MR) is 78.7 cm³/mol. The Hall–Kier alpha value is -1.58. The Morgan fingerprint density at radius 1 is 1.00 bits per heavy atom. The van der Waals surface area contributed by atoms with E-state index in [0.717, 1.165) is 30.9 Å². The van der Waals surface area contributed by atoms with Crippen molar-refractivity contribution in [1.82, 2.24) is 0 Å². The molecule has 2 aliphatic rings. The van der Waals surface area contributed by atoms with Crippen molar-refractivity contribution in [3.63, 3.8) is 0 Å². The molecule has 0 amide bonds. The maximum absolute atomic E-state index is 13.5. The van der Waals surface area contributed by atoms with Crippen LogP contribution in [0.5, 0.6) is 0 Å². The molecule has 3 rings (SSSR count). The van der Waals surface area contributed by atoms with Crippen LogP contribution in [0.1, 0.15) is 50.5 Å². The molecule has 1 aromatic rings. The molecule has 0 radical (unpaired) electrons. The quantitative estimate of drug-likeness (QED) is 0.701. The molecule has 1 atom stereocenters. The summed E-state index contributed by atoms with van der Waals surface area (Å²) in [6.07, 6.45) is 7.50. The topological polar surface area (TPSA) is 29.4 Å². The Balaban J connectivity index is 2.02. The SMILES string of the molecule is O=NC1CCC(C2CCCCC2)=C1c1ccc(F)c(F)c1. The van der Waals surface area contributed by atoms with Crippen LogP contribution in [0.25, 0.3) is 5.57 Å². The molecule has 1 fully saturated rings.